The van der Waals surface area contributed by atoms with Gasteiger partial charge in [0.05, 0.1) is 12.8 Å². The van der Waals surface area contributed by atoms with E-state index in [2.05, 4.69) is 10.6 Å². The summed E-state index contributed by atoms with van der Waals surface area (Å²) in [6.07, 6.45) is 0.385. The Morgan fingerprint density at radius 2 is 1.96 bits per heavy atom. The van der Waals surface area contributed by atoms with E-state index in [0.717, 1.165) is 5.56 Å². The van der Waals surface area contributed by atoms with E-state index in [1.165, 1.54) is 19.2 Å². The molecule has 27 heavy (non-hydrogen) atoms. The van der Waals surface area contributed by atoms with Crippen molar-refractivity contribution in [3.63, 3.8) is 0 Å². The van der Waals surface area contributed by atoms with Crippen molar-refractivity contribution in [3.8, 4) is 5.75 Å². The van der Waals surface area contributed by atoms with Crippen LogP contribution in [0.25, 0.3) is 0 Å². The van der Waals surface area contributed by atoms with Gasteiger partial charge in [-0.3, -0.25) is 4.79 Å². The lowest BCUT2D eigenvalue weighted by atomic mass is 10.1. The second kappa shape index (κ2) is 8.53. The molecule has 0 aromatic heterocycles. The Kier molecular flexibility index (Phi) is 5.90. The van der Waals surface area contributed by atoms with E-state index in [-0.39, 0.29) is 23.7 Å². The van der Waals surface area contributed by atoms with Crippen molar-refractivity contribution in [2.45, 2.75) is 13.0 Å². The number of halogens is 1. The second-order valence-electron chi connectivity index (χ2n) is 6.51. The topological polar surface area (TPSA) is 70.7 Å². The van der Waals surface area contributed by atoms with Crippen LogP contribution in [0, 0.1) is 11.7 Å². The number of methoxy groups -OCH3 is 1. The molecule has 0 bridgehead atoms. The first-order chi connectivity index (χ1) is 13.0. The predicted molar refractivity (Wildman–Crippen MR) is 99.9 cm³/mol. The van der Waals surface area contributed by atoms with Crippen LogP contribution in [0.5, 0.6) is 5.75 Å². The molecule has 2 N–H and O–H groups in total. The van der Waals surface area contributed by atoms with Crippen LogP contribution in [0.15, 0.2) is 48.5 Å². The Morgan fingerprint density at radius 3 is 2.70 bits per heavy atom. The summed E-state index contributed by atoms with van der Waals surface area (Å²) in [7, 11) is 1.54. The van der Waals surface area contributed by atoms with Gasteiger partial charge in [0.15, 0.2) is 0 Å². The molecule has 1 aliphatic rings. The maximum Gasteiger partial charge on any atom is 0.319 e. The molecule has 3 amide bonds. The number of likely N-dealkylation sites (tertiary alicyclic amines) is 1. The number of rotatable bonds is 6. The maximum atomic E-state index is 13.0. The summed E-state index contributed by atoms with van der Waals surface area (Å²) in [5.74, 6) is 0.362. The summed E-state index contributed by atoms with van der Waals surface area (Å²) in [6, 6.07) is 12.9. The molecule has 0 aliphatic carbocycles. The first kappa shape index (κ1) is 18.7. The number of nitrogens with zero attached hydrogens (tertiary/aromatic N) is 1. The van der Waals surface area contributed by atoms with Crippen molar-refractivity contribution in [2.24, 2.45) is 5.92 Å². The fraction of sp³-hybridized carbons (Fsp3) is 0.300. The zero-order valence-electron chi connectivity index (χ0n) is 15.1. The summed E-state index contributed by atoms with van der Waals surface area (Å²) in [5, 5.41) is 5.55. The highest BCUT2D eigenvalue weighted by Crippen LogP contribution is 2.23. The van der Waals surface area contributed by atoms with Crippen LogP contribution in [-0.4, -0.2) is 37.0 Å². The molecule has 0 saturated carbocycles. The third-order valence-corrected chi connectivity index (χ3v) is 4.49. The number of hydrogen-bond acceptors (Lipinski definition) is 3. The molecule has 1 aliphatic heterocycles. The van der Waals surface area contributed by atoms with Gasteiger partial charge in [0.1, 0.15) is 11.6 Å². The molecule has 2 aromatic carbocycles. The molecule has 0 unspecified atom stereocenters. The Morgan fingerprint density at radius 1 is 1.22 bits per heavy atom. The van der Waals surface area contributed by atoms with Crippen LogP contribution < -0.4 is 15.4 Å². The van der Waals surface area contributed by atoms with Gasteiger partial charge in [-0.05, 0) is 29.8 Å². The number of hydrogen-bond donors (Lipinski definition) is 2. The Hall–Kier alpha value is -3.09. The number of carbonyl (C=O) groups is 2. The van der Waals surface area contributed by atoms with Crippen LogP contribution in [0.3, 0.4) is 0 Å². The minimum Gasteiger partial charge on any atom is -0.495 e. The first-order valence-corrected chi connectivity index (χ1v) is 8.75. The molecule has 1 atom stereocenters. The zero-order valence-corrected chi connectivity index (χ0v) is 15.1. The molecule has 142 valence electrons. The number of nitrogens with one attached hydrogen (secondary N) is 2. The van der Waals surface area contributed by atoms with Gasteiger partial charge < -0.3 is 20.3 Å². The highest BCUT2D eigenvalue weighted by Gasteiger charge is 2.29. The summed E-state index contributed by atoms with van der Waals surface area (Å²) < 4.78 is 18.2. The number of benzene rings is 2. The zero-order chi connectivity index (χ0) is 19.2. The minimum atomic E-state index is -0.344. The molecule has 0 spiro atoms. The van der Waals surface area contributed by atoms with E-state index in [9.17, 15) is 14.0 Å². The average molecular weight is 371 g/mol. The Balaban J connectivity index is 1.48. The largest absolute Gasteiger partial charge is 0.495 e. The number of carbonyl (C=O) groups excluding carboxylic acids is 2. The quantitative estimate of drug-likeness (QED) is 0.820. The van der Waals surface area contributed by atoms with Gasteiger partial charge >= 0.3 is 6.03 Å². The van der Waals surface area contributed by atoms with Gasteiger partial charge in [0, 0.05) is 32.0 Å². The number of para-hydroxylation sites is 2. The smallest absolute Gasteiger partial charge is 0.319 e. The van der Waals surface area contributed by atoms with E-state index >= 15 is 0 Å². The van der Waals surface area contributed by atoms with Gasteiger partial charge in [-0.25, -0.2) is 9.18 Å². The fourth-order valence-electron chi connectivity index (χ4n) is 3.11. The molecule has 1 fully saturated rings. The van der Waals surface area contributed by atoms with Gasteiger partial charge in [0.25, 0.3) is 0 Å². The number of ether oxygens (including phenoxy) is 1. The SMILES string of the molecule is COc1ccccc1NC(=O)NC[C@@H]1CC(=O)N(Cc2ccc(F)cc2)C1. The normalized spacial score (nSPS) is 16.3. The molecular formula is C20H22FN3O3. The van der Waals surface area contributed by atoms with Crippen LogP contribution in [0.1, 0.15) is 12.0 Å². The van der Waals surface area contributed by atoms with Crippen LogP contribution in [-0.2, 0) is 11.3 Å². The van der Waals surface area contributed by atoms with Gasteiger partial charge in [-0.15, -0.1) is 0 Å². The average Bonchev–Trinajstić information content (AvgIpc) is 3.02. The number of anilines is 1. The third-order valence-electron chi connectivity index (χ3n) is 4.49. The molecule has 7 heteroatoms. The highest BCUT2D eigenvalue weighted by molar-refractivity contribution is 5.91. The lowest BCUT2D eigenvalue weighted by molar-refractivity contribution is -0.128. The van der Waals surface area contributed by atoms with E-state index < -0.39 is 0 Å². The lowest BCUT2D eigenvalue weighted by Gasteiger charge is -2.17. The molecule has 0 radical (unpaired) electrons. The summed E-state index contributed by atoms with van der Waals surface area (Å²) in [6.45, 7) is 1.40. The highest BCUT2D eigenvalue weighted by atomic mass is 19.1. The van der Waals surface area contributed by atoms with Gasteiger partial charge in [0.2, 0.25) is 5.91 Å². The summed E-state index contributed by atoms with van der Waals surface area (Å²) in [5.41, 5.74) is 1.46. The van der Waals surface area contributed by atoms with E-state index in [1.54, 1.807) is 35.2 Å². The fourth-order valence-corrected chi connectivity index (χ4v) is 3.11. The second-order valence-corrected chi connectivity index (χ2v) is 6.51. The molecule has 3 rings (SSSR count). The molecule has 1 saturated heterocycles. The van der Waals surface area contributed by atoms with E-state index in [0.29, 0.717) is 37.5 Å². The van der Waals surface area contributed by atoms with E-state index in [4.69, 9.17) is 4.74 Å². The monoisotopic (exact) mass is 371 g/mol. The third kappa shape index (κ3) is 4.97. The van der Waals surface area contributed by atoms with Crippen LogP contribution >= 0.6 is 0 Å². The van der Waals surface area contributed by atoms with Crippen molar-refractivity contribution in [1.29, 1.82) is 0 Å². The molecule has 1 heterocycles. The number of urea groups is 1. The van der Waals surface area contributed by atoms with Gasteiger partial charge in [-0.1, -0.05) is 24.3 Å². The van der Waals surface area contributed by atoms with Crippen molar-refractivity contribution in [2.75, 3.05) is 25.5 Å². The molecule has 2 aromatic rings. The first-order valence-electron chi connectivity index (χ1n) is 8.75. The van der Waals surface area contributed by atoms with Crippen molar-refractivity contribution < 1.29 is 18.7 Å². The standard InChI is InChI=1S/C20H22FN3O3/c1-27-18-5-3-2-4-17(18)23-20(26)22-11-15-10-19(25)24(13-15)12-14-6-8-16(21)9-7-14/h2-9,15H,10-13H2,1H3,(H2,22,23,26)/t15-/m0/s1. The van der Waals surface area contributed by atoms with Gasteiger partial charge in [-0.2, -0.15) is 0 Å². The van der Waals surface area contributed by atoms with Crippen molar-refractivity contribution in [1.82, 2.24) is 10.2 Å². The summed E-state index contributed by atoms with van der Waals surface area (Å²) >= 11 is 0. The maximum absolute atomic E-state index is 13.0. The van der Waals surface area contributed by atoms with Crippen LogP contribution in [0.4, 0.5) is 14.9 Å². The van der Waals surface area contributed by atoms with Crippen LogP contribution in [0.2, 0.25) is 0 Å². The van der Waals surface area contributed by atoms with Crippen molar-refractivity contribution in [3.05, 3.63) is 59.9 Å². The van der Waals surface area contributed by atoms with Crippen molar-refractivity contribution >= 4 is 17.6 Å². The Labute approximate surface area is 157 Å². The van der Waals surface area contributed by atoms with E-state index in [1.807, 2.05) is 6.07 Å². The minimum absolute atomic E-state index is 0.0382. The molecular weight excluding hydrogens is 349 g/mol. The Bertz CT molecular complexity index is 810. The predicted octanol–water partition coefficient (Wildman–Crippen LogP) is 3.00. The number of amides is 3. The lowest BCUT2D eigenvalue weighted by Crippen LogP contribution is -2.34. The molecule has 6 nitrogen and oxygen atoms in total. The summed E-state index contributed by atoms with van der Waals surface area (Å²) in [4.78, 5) is 26.0.